The lowest BCUT2D eigenvalue weighted by Crippen LogP contribution is -1.88. The number of aliphatic hydroxyl groups is 1. The van der Waals surface area contributed by atoms with Crippen molar-refractivity contribution in [1.82, 2.24) is 0 Å². The molecule has 1 aliphatic carbocycles. The van der Waals surface area contributed by atoms with Crippen LogP contribution >= 0.6 is 0 Å². The Morgan fingerprint density at radius 1 is 1.42 bits per heavy atom. The molecule has 0 fully saturated rings. The molecule has 0 aromatic heterocycles. The molecule has 0 radical (unpaired) electrons. The topological polar surface area (TPSA) is 20.2 Å². The molecule has 0 saturated carbocycles. The van der Waals surface area contributed by atoms with E-state index in [-0.39, 0.29) is 6.61 Å². The lowest BCUT2D eigenvalue weighted by molar-refractivity contribution is 0.342. The summed E-state index contributed by atoms with van der Waals surface area (Å²) in [5.74, 6) is 0. The normalized spacial score (nSPS) is 16.8. The lowest BCUT2D eigenvalue weighted by Gasteiger charge is -2.07. The summed E-state index contributed by atoms with van der Waals surface area (Å²) in [6.45, 7) is 4.16. The molecule has 1 rings (SSSR count). The van der Waals surface area contributed by atoms with Crippen LogP contribution in [0.4, 0.5) is 0 Å². The van der Waals surface area contributed by atoms with E-state index in [1.807, 2.05) is 19.9 Å². The molecule has 1 heteroatoms. The van der Waals surface area contributed by atoms with Gasteiger partial charge in [-0.25, -0.2) is 0 Å². The minimum Gasteiger partial charge on any atom is -0.392 e. The van der Waals surface area contributed by atoms with Crippen LogP contribution in [0, 0.1) is 0 Å². The van der Waals surface area contributed by atoms with Crippen molar-refractivity contribution in [3.63, 3.8) is 0 Å². The molecule has 0 bridgehead atoms. The van der Waals surface area contributed by atoms with Gasteiger partial charge in [0.1, 0.15) is 0 Å². The molecule has 0 aliphatic heterocycles. The van der Waals surface area contributed by atoms with E-state index in [4.69, 9.17) is 5.11 Å². The van der Waals surface area contributed by atoms with Crippen LogP contribution in [-0.2, 0) is 0 Å². The van der Waals surface area contributed by atoms with Crippen LogP contribution in [0.1, 0.15) is 39.5 Å². The summed E-state index contributed by atoms with van der Waals surface area (Å²) in [5, 5.41) is 8.48. The van der Waals surface area contributed by atoms with Crippen LogP contribution in [0.15, 0.2) is 23.8 Å². The Kier molecular flexibility index (Phi) is 8.14. The predicted molar refractivity (Wildman–Crippen MR) is 54.1 cm³/mol. The second-order valence-corrected chi connectivity index (χ2v) is 2.61. The van der Waals surface area contributed by atoms with Gasteiger partial charge in [0.25, 0.3) is 0 Å². The average molecular weight is 168 g/mol. The summed E-state index contributed by atoms with van der Waals surface area (Å²) in [4.78, 5) is 0. The average Bonchev–Trinajstić information content (AvgIpc) is 2.19. The van der Waals surface area contributed by atoms with Gasteiger partial charge in [0.15, 0.2) is 0 Å². The van der Waals surface area contributed by atoms with E-state index >= 15 is 0 Å². The first-order valence-corrected chi connectivity index (χ1v) is 4.90. The molecule has 1 N–H and O–H groups in total. The number of aliphatic hydroxyl groups excluding tert-OH is 1. The van der Waals surface area contributed by atoms with Crippen LogP contribution in [0.5, 0.6) is 0 Å². The van der Waals surface area contributed by atoms with Crippen LogP contribution in [-0.4, -0.2) is 11.7 Å². The maximum absolute atomic E-state index is 8.48. The second-order valence-electron chi connectivity index (χ2n) is 2.61. The second kappa shape index (κ2) is 8.54. The largest absolute Gasteiger partial charge is 0.392 e. The molecular weight excluding hydrogens is 148 g/mol. The van der Waals surface area contributed by atoms with E-state index < -0.39 is 0 Å². The van der Waals surface area contributed by atoms with Gasteiger partial charge in [-0.1, -0.05) is 37.6 Å². The van der Waals surface area contributed by atoms with Gasteiger partial charge in [-0.05, 0) is 25.7 Å². The molecule has 12 heavy (non-hydrogen) atoms. The van der Waals surface area contributed by atoms with Crippen molar-refractivity contribution in [2.45, 2.75) is 39.5 Å². The van der Waals surface area contributed by atoms with Crippen molar-refractivity contribution in [3.05, 3.63) is 23.8 Å². The van der Waals surface area contributed by atoms with Gasteiger partial charge in [0.2, 0.25) is 0 Å². The minimum absolute atomic E-state index is 0.164. The Morgan fingerprint density at radius 2 is 2.17 bits per heavy atom. The SMILES string of the molecule is CC.OC/C=C\C1=CCCCC1. The summed E-state index contributed by atoms with van der Waals surface area (Å²) >= 11 is 0. The summed E-state index contributed by atoms with van der Waals surface area (Å²) in [6.07, 6.45) is 11.1. The summed E-state index contributed by atoms with van der Waals surface area (Å²) < 4.78 is 0. The van der Waals surface area contributed by atoms with Gasteiger partial charge in [-0.15, -0.1) is 0 Å². The molecule has 1 nitrogen and oxygen atoms in total. The van der Waals surface area contributed by atoms with Crippen molar-refractivity contribution in [3.8, 4) is 0 Å². The van der Waals surface area contributed by atoms with Crippen LogP contribution in [0.2, 0.25) is 0 Å². The molecule has 0 spiro atoms. The third-order valence-corrected chi connectivity index (χ3v) is 1.76. The first-order valence-electron chi connectivity index (χ1n) is 4.90. The van der Waals surface area contributed by atoms with Gasteiger partial charge in [0, 0.05) is 0 Å². The molecule has 0 saturated heterocycles. The molecule has 0 amide bonds. The molecule has 70 valence electrons. The van der Waals surface area contributed by atoms with Gasteiger partial charge >= 0.3 is 0 Å². The van der Waals surface area contributed by atoms with Crippen LogP contribution in [0.25, 0.3) is 0 Å². The van der Waals surface area contributed by atoms with Crippen molar-refractivity contribution < 1.29 is 5.11 Å². The van der Waals surface area contributed by atoms with E-state index in [0.29, 0.717) is 0 Å². The van der Waals surface area contributed by atoms with Crippen molar-refractivity contribution in [2.75, 3.05) is 6.61 Å². The molecule has 0 atom stereocenters. The minimum atomic E-state index is 0.164. The highest BCUT2D eigenvalue weighted by Gasteiger charge is 1.98. The highest BCUT2D eigenvalue weighted by atomic mass is 16.2. The van der Waals surface area contributed by atoms with Crippen LogP contribution < -0.4 is 0 Å². The van der Waals surface area contributed by atoms with E-state index in [2.05, 4.69) is 6.08 Å². The summed E-state index contributed by atoms with van der Waals surface area (Å²) in [5.41, 5.74) is 1.39. The Hall–Kier alpha value is -0.560. The Morgan fingerprint density at radius 3 is 2.67 bits per heavy atom. The van der Waals surface area contributed by atoms with E-state index in [0.717, 1.165) is 0 Å². The molecule has 1 aliphatic rings. The maximum atomic E-state index is 8.48. The molecule has 0 heterocycles. The van der Waals surface area contributed by atoms with Gasteiger partial charge < -0.3 is 5.11 Å². The Labute approximate surface area is 75.8 Å². The van der Waals surface area contributed by atoms with E-state index in [1.165, 1.54) is 31.3 Å². The quantitative estimate of drug-likeness (QED) is 0.672. The predicted octanol–water partition coefficient (Wildman–Crippen LogP) is 3.06. The Bertz CT molecular complexity index is 145. The van der Waals surface area contributed by atoms with Crippen molar-refractivity contribution in [2.24, 2.45) is 0 Å². The fourth-order valence-electron chi connectivity index (χ4n) is 1.22. The van der Waals surface area contributed by atoms with E-state index in [9.17, 15) is 0 Å². The fourth-order valence-corrected chi connectivity index (χ4v) is 1.22. The van der Waals surface area contributed by atoms with Crippen molar-refractivity contribution in [1.29, 1.82) is 0 Å². The number of allylic oxidation sites excluding steroid dienone is 3. The number of rotatable bonds is 2. The highest BCUT2D eigenvalue weighted by Crippen LogP contribution is 2.17. The fraction of sp³-hybridized carbons (Fsp3) is 0.636. The molecular formula is C11H20O. The third-order valence-electron chi connectivity index (χ3n) is 1.76. The molecule has 0 aromatic rings. The molecule has 0 aromatic carbocycles. The third kappa shape index (κ3) is 5.14. The number of hydrogen-bond donors (Lipinski definition) is 1. The van der Waals surface area contributed by atoms with Gasteiger partial charge in [-0.2, -0.15) is 0 Å². The Balaban J connectivity index is 0.000000561. The monoisotopic (exact) mass is 168 g/mol. The smallest absolute Gasteiger partial charge is 0.0615 e. The van der Waals surface area contributed by atoms with Crippen LogP contribution in [0.3, 0.4) is 0 Å². The standard InChI is InChI=1S/C9H14O.C2H6/c10-8-4-7-9-5-2-1-3-6-9;1-2/h4-5,7,10H,1-3,6,8H2;1-2H3/b7-4-;. The van der Waals surface area contributed by atoms with Crippen molar-refractivity contribution >= 4 is 0 Å². The zero-order chi connectivity index (χ0) is 9.23. The summed E-state index contributed by atoms with van der Waals surface area (Å²) in [7, 11) is 0. The first kappa shape index (κ1) is 11.4. The van der Waals surface area contributed by atoms with E-state index in [1.54, 1.807) is 6.08 Å². The van der Waals surface area contributed by atoms with Gasteiger partial charge in [0.05, 0.1) is 6.61 Å². The lowest BCUT2D eigenvalue weighted by atomic mass is 9.99. The first-order chi connectivity index (χ1) is 5.93. The summed E-state index contributed by atoms with van der Waals surface area (Å²) in [6, 6.07) is 0. The zero-order valence-corrected chi connectivity index (χ0v) is 8.21. The maximum Gasteiger partial charge on any atom is 0.0615 e. The highest BCUT2D eigenvalue weighted by molar-refractivity contribution is 5.19. The zero-order valence-electron chi connectivity index (χ0n) is 8.21. The van der Waals surface area contributed by atoms with Gasteiger partial charge in [-0.3, -0.25) is 0 Å². The molecule has 0 unspecified atom stereocenters. The number of hydrogen-bond acceptors (Lipinski definition) is 1.